The van der Waals surface area contributed by atoms with Crippen molar-refractivity contribution in [1.82, 2.24) is 9.96 Å². The van der Waals surface area contributed by atoms with Crippen LogP contribution in [0, 0.1) is 29.1 Å². The van der Waals surface area contributed by atoms with Crippen LogP contribution in [0.4, 0.5) is 5.69 Å². The second kappa shape index (κ2) is 10.9. The zero-order chi connectivity index (χ0) is 23.3. The number of piperazine rings is 1. The van der Waals surface area contributed by atoms with Crippen molar-refractivity contribution in [1.29, 1.82) is 0 Å². The number of Topliss-reactive ketones (excluding diaryl/α,β-unsaturated/α-hetero) is 1. The highest BCUT2D eigenvalue weighted by Gasteiger charge is 2.67. The molecule has 5 atom stereocenters. The fourth-order valence-electron chi connectivity index (χ4n) is 6.79. The molecule has 194 valence electrons. The second-order valence-corrected chi connectivity index (χ2v) is 10.9. The van der Waals surface area contributed by atoms with Gasteiger partial charge in [-0.05, 0) is 42.4 Å². The molecule has 0 N–H and O–H groups in total. The summed E-state index contributed by atoms with van der Waals surface area (Å²) in [7, 11) is 0. The van der Waals surface area contributed by atoms with E-state index in [0.717, 1.165) is 61.3 Å². The number of ketones is 1. The Morgan fingerprint density at radius 1 is 1.06 bits per heavy atom. The first-order chi connectivity index (χ1) is 15.8. The first kappa shape index (κ1) is 28.2. The average molecular weight is 547 g/mol. The molecule has 1 aromatic carbocycles. The van der Waals surface area contributed by atoms with Crippen molar-refractivity contribution in [3.8, 4) is 0 Å². The minimum atomic E-state index is -0.535. The van der Waals surface area contributed by atoms with Crippen molar-refractivity contribution in [2.75, 3.05) is 44.2 Å². The van der Waals surface area contributed by atoms with Crippen molar-refractivity contribution in [3.63, 3.8) is 0 Å². The number of nitrogens with zero attached hydrogens (tertiary/aromatic N) is 3. The van der Waals surface area contributed by atoms with Crippen molar-refractivity contribution in [2.45, 2.75) is 33.1 Å². The Morgan fingerprint density at radius 3 is 2.43 bits per heavy atom. The summed E-state index contributed by atoms with van der Waals surface area (Å²) in [5, 5.41) is 1.74. The molecular formula is C25H34Cl3N3O4. The van der Waals surface area contributed by atoms with Gasteiger partial charge in [0.25, 0.3) is 11.8 Å². The van der Waals surface area contributed by atoms with Crippen LogP contribution >= 0.6 is 36.4 Å². The molecule has 6 rings (SSSR count). The normalized spacial score (nSPS) is 32.4. The highest BCUT2D eigenvalue weighted by atomic mass is 35.5. The number of benzene rings is 1. The highest BCUT2D eigenvalue weighted by molar-refractivity contribution is 6.30. The van der Waals surface area contributed by atoms with E-state index in [0.29, 0.717) is 13.0 Å². The van der Waals surface area contributed by atoms with Crippen LogP contribution in [-0.2, 0) is 19.2 Å². The number of halogens is 3. The predicted molar refractivity (Wildman–Crippen MR) is 139 cm³/mol. The number of rotatable bonds is 6. The monoisotopic (exact) mass is 545 g/mol. The standard InChI is InChI=1S/C25H32ClN3O4.2ClH/c1-16-14-25(2)15-19(30)20(16)21-22(25)24(32)29(23(21)31)33-12-4-7-27-8-10-28(11-9-27)18-6-3-5-17(26)13-18;;/h3,5-6,13,16,20-22H,4,7-12,14-15H2,1-2H3;2*1H/t16?,20-,21?,22?,25+;;/m0../s1. The molecule has 5 aliphatic rings. The van der Waals surface area contributed by atoms with Crippen molar-refractivity contribution in [2.24, 2.45) is 29.1 Å². The van der Waals surface area contributed by atoms with E-state index in [9.17, 15) is 14.4 Å². The number of hydrogen-bond acceptors (Lipinski definition) is 6. The molecule has 3 aliphatic carbocycles. The van der Waals surface area contributed by atoms with Gasteiger partial charge in [-0.2, -0.15) is 5.06 Å². The van der Waals surface area contributed by atoms with E-state index in [1.165, 1.54) is 0 Å². The third-order valence-corrected chi connectivity index (χ3v) is 8.42. The second-order valence-electron chi connectivity index (χ2n) is 10.5. The van der Waals surface area contributed by atoms with Crippen LogP contribution in [0.2, 0.25) is 5.02 Å². The maximum Gasteiger partial charge on any atom is 0.258 e. The predicted octanol–water partition coefficient (Wildman–Crippen LogP) is 3.86. The van der Waals surface area contributed by atoms with Gasteiger partial charge in [0.2, 0.25) is 0 Å². The summed E-state index contributed by atoms with van der Waals surface area (Å²) in [5.41, 5.74) is 0.720. The molecule has 0 spiro atoms. The summed E-state index contributed by atoms with van der Waals surface area (Å²) in [6.07, 6.45) is 1.95. The van der Waals surface area contributed by atoms with Gasteiger partial charge in [0.05, 0.1) is 18.4 Å². The molecular weight excluding hydrogens is 513 g/mol. The van der Waals surface area contributed by atoms with E-state index < -0.39 is 17.3 Å². The zero-order valence-electron chi connectivity index (χ0n) is 20.2. The van der Waals surface area contributed by atoms with Gasteiger partial charge >= 0.3 is 0 Å². The number of imide groups is 1. The van der Waals surface area contributed by atoms with Crippen LogP contribution in [0.1, 0.15) is 33.1 Å². The summed E-state index contributed by atoms with van der Waals surface area (Å²) in [6.45, 7) is 8.94. The van der Waals surface area contributed by atoms with E-state index in [2.05, 4.69) is 15.9 Å². The van der Waals surface area contributed by atoms with Crippen LogP contribution in [0.15, 0.2) is 24.3 Å². The number of amides is 2. The molecule has 3 saturated carbocycles. The number of hydrogen-bond donors (Lipinski definition) is 0. The number of hydroxylamine groups is 2. The molecule has 2 heterocycles. The van der Waals surface area contributed by atoms with Crippen LogP contribution in [0.5, 0.6) is 0 Å². The SMILES string of the molecule is CC1C[C@]2(C)CC(=O)[C@H]1C1C(=O)N(OCCCN3CCN(c4cccc(Cl)c4)CC3)C(=O)C12.Cl.Cl. The lowest BCUT2D eigenvalue weighted by atomic mass is 9.48. The van der Waals surface area contributed by atoms with Gasteiger partial charge in [-0.1, -0.05) is 31.5 Å². The average Bonchev–Trinajstić information content (AvgIpc) is 3.02. The van der Waals surface area contributed by atoms with Crippen LogP contribution < -0.4 is 4.90 Å². The zero-order valence-corrected chi connectivity index (χ0v) is 22.5. The maximum atomic E-state index is 13.1. The first-order valence-electron chi connectivity index (χ1n) is 12.0. The Kier molecular flexibility index (Phi) is 8.81. The maximum absolute atomic E-state index is 13.1. The van der Waals surface area contributed by atoms with E-state index in [1.54, 1.807) is 0 Å². The Bertz CT molecular complexity index is 971. The molecule has 0 radical (unpaired) electrons. The molecule has 0 aromatic heterocycles. The Morgan fingerprint density at radius 2 is 1.77 bits per heavy atom. The third-order valence-electron chi connectivity index (χ3n) is 8.18. The molecule has 2 saturated heterocycles. The topological polar surface area (TPSA) is 70.2 Å². The van der Waals surface area contributed by atoms with Gasteiger partial charge in [0.1, 0.15) is 5.78 Å². The Hall–Kier alpha value is -1.38. The highest BCUT2D eigenvalue weighted by Crippen LogP contribution is 2.60. The molecule has 1 aromatic rings. The number of carbonyl (C=O) groups is 3. The van der Waals surface area contributed by atoms with E-state index in [1.807, 2.05) is 32.0 Å². The number of anilines is 1. The molecule has 7 nitrogen and oxygen atoms in total. The van der Waals surface area contributed by atoms with Gasteiger partial charge in [-0.3, -0.25) is 24.1 Å². The van der Waals surface area contributed by atoms with Gasteiger partial charge in [0, 0.05) is 55.8 Å². The summed E-state index contributed by atoms with van der Waals surface area (Å²) < 4.78 is 0. The lowest BCUT2D eigenvalue weighted by molar-refractivity contribution is -0.190. The minimum Gasteiger partial charge on any atom is -0.369 e. The number of carbonyl (C=O) groups excluding carboxylic acids is 3. The molecule has 2 aliphatic heterocycles. The Labute approximate surface area is 224 Å². The molecule has 5 fully saturated rings. The lowest BCUT2D eigenvalue weighted by Crippen LogP contribution is -2.56. The molecule has 3 unspecified atom stereocenters. The van der Waals surface area contributed by atoms with Crippen molar-refractivity contribution >= 4 is 59.7 Å². The van der Waals surface area contributed by atoms with E-state index in [-0.39, 0.29) is 54.2 Å². The summed E-state index contributed by atoms with van der Waals surface area (Å²) >= 11 is 6.11. The van der Waals surface area contributed by atoms with Crippen molar-refractivity contribution in [3.05, 3.63) is 29.3 Å². The molecule has 35 heavy (non-hydrogen) atoms. The lowest BCUT2D eigenvalue weighted by Gasteiger charge is -2.52. The van der Waals surface area contributed by atoms with Crippen LogP contribution in [0.25, 0.3) is 0 Å². The molecule has 2 amide bonds. The van der Waals surface area contributed by atoms with Crippen molar-refractivity contribution < 1.29 is 19.2 Å². The van der Waals surface area contributed by atoms with E-state index in [4.69, 9.17) is 16.4 Å². The molecule has 2 bridgehead atoms. The third kappa shape index (κ3) is 5.08. The summed E-state index contributed by atoms with van der Waals surface area (Å²) in [5.74, 6) is -1.56. The van der Waals surface area contributed by atoms with E-state index >= 15 is 0 Å². The fraction of sp³-hybridized carbons (Fsp3) is 0.640. The fourth-order valence-corrected chi connectivity index (χ4v) is 6.98. The molecule has 10 heteroatoms. The van der Waals surface area contributed by atoms with Gasteiger partial charge in [-0.25, -0.2) is 0 Å². The smallest absolute Gasteiger partial charge is 0.258 e. The van der Waals surface area contributed by atoms with Crippen LogP contribution in [0.3, 0.4) is 0 Å². The largest absolute Gasteiger partial charge is 0.369 e. The van der Waals surface area contributed by atoms with Crippen LogP contribution in [-0.4, -0.2) is 66.9 Å². The summed E-state index contributed by atoms with van der Waals surface area (Å²) in [6, 6.07) is 7.93. The Balaban J connectivity index is 0.00000171. The quantitative estimate of drug-likeness (QED) is 0.399. The number of fused-ring (bicyclic) bond motifs is 2. The van der Waals surface area contributed by atoms with Gasteiger partial charge in [-0.15, -0.1) is 24.8 Å². The first-order valence-corrected chi connectivity index (χ1v) is 12.4. The van der Waals surface area contributed by atoms with Gasteiger partial charge in [0.15, 0.2) is 0 Å². The summed E-state index contributed by atoms with van der Waals surface area (Å²) in [4.78, 5) is 49.2. The minimum absolute atomic E-state index is 0. The van der Waals surface area contributed by atoms with Gasteiger partial charge < -0.3 is 4.90 Å².